The lowest BCUT2D eigenvalue weighted by molar-refractivity contribution is 0.0920. The largest absolute Gasteiger partial charge is 0.497 e. The zero-order valence-corrected chi connectivity index (χ0v) is 14.1. The van der Waals surface area contributed by atoms with E-state index in [4.69, 9.17) is 13.9 Å². The van der Waals surface area contributed by atoms with Crippen LogP contribution in [0.4, 0.5) is 5.69 Å². The Morgan fingerprint density at radius 3 is 2.50 bits per heavy atom. The van der Waals surface area contributed by atoms with Gasteiger partial charge in [0.25, 0.3) is 5.91 Å². The molecule has 0 radical (unpaired) electrons. The number of anilines is 1. The summed E-state index contributed by atoms with van der Waals surface area (Å²) in [5.41, 5.74) is 1.08. The first-order valence-corrected chi connectivity index (χ1v) is 7.90. The molecule has 6 nitrogen and oxygen atoms in total. The summed E-state index contributed by atoms with van der Waals surface area (Å²) in [4.78, 5) is 24.2. The standard InChI is InChI=1S/C20H17NO5/c1-24-16-9-7-14(8-10-16)18(22)13-26-17-5-2-4-15(12-17)21-20(23)19-6-3-11-25-19/h2-12H,13H2,1H3,(H,21,23). The van der Waals surface area contributed by atoms with Crippen LogP contribution in [0.25, 0.3) is 0 Å². The first kappa shape index (κ1) is 17.3. The Balaban J connectivity index is 1.59. The molecule has 0 aliphatic rings. The molecule has 0 aliphatic heterocycles. The molecule has 3 rings (SSSR count). The van der Waals surface area contributed by atoms with E-state index in [-0.39, 0.29) is 24.1 Å². The third-order valence-electron chi connectivity index (χ3n) is 3.62. The van der Waals surface area contributed by atoms with E-state index in [2.05, 4.69) is 5.32 Å². The number of carbonyl (C=O) groups is 2. The Bertz CT molecular complexity index is 885. The number of hydrogen-bond acceptors (Lipinski definition) is 5. The molecular formula is C20H17NO5. The van der Waals surface area contributed by atoms with Crippen LogP contribution in [0.2, 0.25) is 0 Å². The second-order valence-corrected chi connectivity index (χ2v) is 5.40. The summed E-state index contributed by atoms with van der Waals surface area (Å²) in [7, 11) is 1.57. The summed E-state index contributed by atoms with van der Waals surface area (Å²) >= 11 is 0. The number of ether oxygens (including phenoxy) is 2. The number of methoxy groups -OCH3 is 1. The maximum Gasteiger partial charge on any atom is 0.291 e. The van der Waals surface area contributed by atoms with Gasteiger partial charge in [-0.05, 0) is 48.5 Å². The van der Waals surface area contributed by atoms with Crippen molar-refractivity contribution in [2.45, 2.75) is 0 Å². The van der Waals surface area contributed by atoms with Crippen molar-refractivity contribution >= 4 is 17.4 Å². The highest BCUT2D eigenvalue weighted by atomic mass is 16.5. The van der Waals surface area contributed by atoms with E-state index in [1.54, 1.807) is 67.8 Å². The number of carbonyl (C=O) groups excluding carboxylic acids is 2. The fraction of sp³-hybridized carbons (Fsp3) is 0.100. The third-order valence-corrected chi connectivity index (χ3v) is 3.62. The van der Waals surface area contributed by atoms with Gasteiger partial charge in [-0.15, -0.1) is 0 Å². The van der Waals surface area contributed by atoms with Crippen molar-refractivity contribution < 1.29 is 23.5 Å². The van der Waals surface area contributed by atoms with Crippen LogP contribution in [0.1, 0.15) is 20.9 Å². The van der Waals surface area contributed by atoms with Crippen LogP contribution in [-0.2, 0) is 0 Å². The van der Waals surface area contributed by atoms with Crippen molar-refractivity contribution in [3.8, 4) is 11.5 Å². The normalized spacial score (nSPS) is 10.2. The molecule has 3 aromatic rings. The molecule has 0 atom stereocenters. The van der Waals surface area contributed by atoms with Gasteiger partial charge in [-0.3, -0.25) is 9.59 Å². The number of furan rings is 1. The number of benzene rings is 2. The fourth-order valence-electron chi connectivity index (χ4n) is 2.27. The Morgan fingerprint density at radius 1 is 1.00 bits per heavy atom. The van der Waals surface area contributed by atoms with Crippen LogP contribution in [-0.4, -0.2) is 25.4 Å². The lowest BCUT2D eigenvalue weighted by atomic mass is 10.1. The average Bonchev–Trinajstić information content (AvgIpc) is 3.21. The highest BCUT2D eigenvalue weighted by molar-refractivity contribution is 6.02. The smallest absolute Gasteiger partial charge is 0.291 e. The topological polar surface area (TPSA) is 77.8 Å². The minimum absolute atomic E-state index is 0.109. The summed E-state index contributed by atoms with van der Waals surface area (Å²) in [6, 6.07) is 16.8. The summed E-state index contributed by atoms with van der Waals surface area (Å²) in [5.74, 6) is 0.858. The zero-order chi connectivity index (χ0) is 18.4. The van der Waals surface area contributed by atoms with Gasteiger partial charge in [0, 0.05) is 17.3 Å². The van der Waals surface area contributed by atoms with Crippen molar-refractivity contribution in [3.63, 3.8) is 0 Å². The number of amides is 1. The molecule has 132 valence electrons. The van der Waals surface area contributed by atoms with Crippen LogP contribution >= 0.6 is 0 Å². The van der Waals surface area contributed by atoms with Gasteiger partial charge in [0.15, 0.2) is 18.2 Å². The van der Waals surface area contributed by atoms with Gasteiger partial charge in [-0.1, -0.05) is 6.07 Å². The molecule has 0 unspecified atom stereocenters. The van der Waals surface area contributed by atoms with Gasteiger partial charge < -0.3 is 19.2 Å². The minimum atomic E-state index is -0.360. The molecule has 0 bridgehead atoms. The van der Waals surface area contributed by atoms with Crippen LogP contribution in [0.3, 0.4) is 0 Å². The fourth-order valence-corrected chi connectivity index (χ4v) is 2.27. The highest BCUT2D eigenvalue weighted by Crippen LogP contribution is 2.19. The summed E-state index contributed by atoms with van der Waals surface area (Å²) in [5, 5.41) is 2.71. The van der Waals surface area contributed by atoms with Gasteiger partial charge in [0.1, 0.15) is 11.5 Å². The zero-order valence-electron chi connectivity index (χ0n) is 14.1. The molecule has 2 aromatic carbocycles. The Morgan fingerprint density at radius 2 is 1.81 bits per heavy atom. The Hall–Kier alpha value is -3.54. The van der Waals surface area contributed by atoms with Crippen molar-refractivity contribution in [3.05, 3.63) is 78.3 Å². The number of rotatable bonds is 7. The maximum absolute atomic E-state index is 12.2. The first-order chi connectivity index (χ1) is 12.7. The number of ketones is 1. The lowest BCUT2D eigenvalue weighted by Gasteiger charge is -2.08. The second kappa shape index (κ2) is 8.02. The van der Waals surface area contributed by atoms with E-state index in [1.165, 1.54) is 6.26 Å². The molecule has 0 aliphatic carbocycles. The molecule has 1 amide bonds. The molecule has 1 heterocycles. The number of nitrogens with one attached hydrogen (secondary N) is 1. The van der Waals surface area contributed by atoms with E-state index < -0.39 is 0 Å². The molecular weight excluding hydrogens is 334 g/mol. The minimum Gasteiger partial charge on any atom is -0.497 e. The highest BCUT2D eigenvalue weighted by Gasteiger charge is 2.10. The molecule has 6 heteroatoms. The maximum atomic E-state index is 12.2. The predicted octanol–water partition coefficient (Wildman–Crippen LogP) is 3.80. The Labute approximate surface area is 150 Å². The van der Waals surface area contributed by atoms with Gasteiger partial charge in [0.2, 0.25) is 0 Å². The van der Waals surface area contributed by atoms with Crippen LogP contribution in [0.5, 0.6) is 11.5 Å². The van der Waals surface area contributed by atoms with Gasteiger partial charge in [-0.25, -0.2) is 0 Å². The van der Waals surface area contributed by atoms with E-state index >= 15 is 0 Å². The predicted molar refractivity (Wildman–Crippen MR) is 95.9 cm³/mol. The summed E-state index contributed by atoms with van der Waals surface area (Å²) < 4.78 is 15.6. The van der Waals surface area contributed by atoms with E-state index in [0.717, 1.165) is 0 Å². The average molecular weight is 351 g/mol. The molecule has 0 fully saturated rings. The lowest BCUT2D eigenvalue weighted by Crippen LogP contribution is -2.13. The summed E-state index contributed by atoms with van der Waals surface area (Å²) in [6.07, 6.45) is 1.43. The summed E-state index contributed by atoms with van der Waals surface area (Å²) in [6.45, 7) is -0.109. The van der Waals surface area contributed by atoms with Crippen molar-refractivity contribution in [2.24, 2.45) is 0 Å². The first-order valence-electron chi connectivity index (χ1n) is 7.90. The van der Waals surface area contributed by atoms with Gasteiger partial charge in [-0.2, -0.15) is 0 Å². The van der Waals surface area contributed by atoms with Crippen LogP contribution < -0.4 is 14.8 Å². The van der Waals surface area contributed by atoms with Gasteiger partial charge >= 0.3 is 0 Å². The SMILES string of the molecule is COc1ccc(C(=O)COc2cccc(NC(=O)c3ccco3)c2)cc1. The molecule has 0 spiro atoms. The molecule has 1 N–H and O–H groups in total. The van der Waals surface area contributed by atoms with Crippen molar-refractivity contribution in [2.75, 3.05) is 19.0 Å². The number of hydrogen-bond donors (Lipinski definition) is 1. The van der Waals surface area contributed by atoms with Crippen molar-refractivity contribution in [1.29, 1.82) is 0 Å². The van der Waals surface area contributed by atoms with Crippen LogP contribution in [0, 0.1) is 0 Å². The second-order valence-electron chi connectivity index (χ2n) is 5.40. The molecule has 0 saturated heterocycles. The molecule has 1 aromatic heterocycles. The Kier molecular flexibility index (Phi) is 5.34. The van der Waals surface area contributed by atoms with Gasteiger partial charge in [0.05, 0.1) is 13.4 Å². The molecule has 0 saturated carbocycles. The third kappa shape index (κ3) is 4.30. The number of Topliss-reactive ketones (excluding diaryl/α,β-unsaturated/α-hetero) is 1. The monoisotopic (exact) mass is 351 g/mol. The van der Waals surface area contributed by atoms with E-state index in [9.17, 15) is 9.59 Å². The van der Waals surface area contributed by atoms with E-state index in [0.29, 0.717) is 22.7 Å². The van der Waals surface area contributed by atoms with E-state index in [1.807, 2.05) is 0 Å². The van der Waals surface area contributed by atoms with Crippen molar-refractivity contribution in [1.82, 2.24) is 0 Å². The van der Waals surface area contributed by atoms with Crippen LogP contribution in [0.15, 0.2) is 71.3 Å². The quantitative estimate of drug-likeness (QED) is 0.655. The molecule has 26 heavy (non-hydrogen) atoms.